The molecule has 5 nitrogen and oxygen atoms in total. The number of para-hydroxylation sites is 1. The number of anilines is 1. The van der Waals surface area contributed by atoms with Crippen LogP contribution >= 0.6 is 24.0 Å². The smallest absolute Gasteiger partial charge is 0.191 e. The molecule has 29 heavy (non-hydrogen) atoms. The number of aliphatic imine (C=N–C) groups is 1. The summed E-state index contributed by atoms with van der Waals surface area (Å²) in [7, 11) is 0. The van der Waals surface area contributed by atoms with Crippen molar-refractivity contribution in [2.45, 2.75) is 45.6 Å². The zero-order chi connectivity index (χ0) is 20.0. The average molecular weight is 522 g/mol. The van der Waals surface area contributed by atoms with Gasteiger partial charge in [0.25, 0.3) is 0 Å². The summed E-state index contributed by atoms with van der Waals surface area (Å²) in [5.41, 5.74) is 0.358. The summed E-state index contributed by atoms with van der Waals surface area (Å²) >= 11 is 0. The molecular formula is C21H33F2IN4O. The summed E-state index contributed by atoms with van der Waals surface area (Å²) in [6.45, 7) is 8.33. The van der Waals surface area contributed by atoms with E-state index >= 15 is 0 Å². The molecular weight excluding hydrogens is 489 g/mol. The first-order valence-electron chi connectivity index (χ1n) is 10.4. The Morgan fingerprint density at radius 3 is 2.62 bits per heavy atom. The van der Waals surface area contributed by atoms with Crippen LogP contribution in [0.4, 0.5) is 14.5 Å². The number of benzene rings is 1. The predicted octanol–water partition coefficient (Wildman–Crippen LogP) is 3.92. The molecule has 1 saturated carbocycles. The van der Waals surface area contributed by atoms with Gasteiger partial charge >= 0.3 is 0 Å². The number of halogens is 3. The van der Waals surface area contributed by atoms with Gasteiger partial charge in [-0.2, -0.15) is 0 Å². The molecule has 2 fully saturated rings. The number of nitrogens with one attached hydrogen (secondary N) is 2. The highest BCUT2D eigenvalue weighted by atomic mass is 127. The first-order valence-corrected chi connectivity index (χ1v) is 10.4. The van der Waals surface area contributed by atoms with Crippen LogP contribution < -0.4 is 15.5 Å². The monoisotopic (exact) mass is 522 g/mol. The normalized spacial score (nSPS) is 20.3. The minimum Gasteiger partial charge on any atom is -0.382 e. The number of nitrogens with zero attached hydrogens (tertiary/aromatic N) is 2. The largest absolute Gasteiger partial charge is 0.382 e. The van der Waals surface area contributed by atoms with Crippen LogP contribution in [-0.2, 0) is 4.74 Å². The van der Waals surface area contributed by atoms with Crippen molar-refractivity contribution in [2.24, 2.45) is 10.4 Å². The standard InChI is InChI=1S/C21H32F2N4O.HI/c1-3-24-20(25-15-21(9-10-21)11-13-28-4-2)26-16-8-12-27(14-16)19-17(22)6-5-7-18(19)23;/h5-7,16H,3-4,8-15H2,1-2H3,(H2,24,25,26);1H. The number of ether oxygens (including phenoxy) is 1. The lowest BCUT2D eigenvalue weighted by atomic mass is 10.0. The highest BCUT2D eigenvalue weighted by molar-refractivity contribution is 14.0. The molecule has 0 bridgehead atoms. The fraction of sp³-hybridized carbons (Fsp3) is 0.667. The average Bonchev–Trinajstić information content (AvgIpc) is 3.30. The number of hydrogen-bond acceptors (Lipinski definition) is 3. The van der Waals surface area contributed by atoms with Crippen molar-refractivity contribution in [3.63, 3.8) is 0 Å². The van der Waals surface area contributed by atoms with E-state index in [0.29, 0.717) is 13.1 Å². The summed E-state index contributed by atoms with van der Waals surface area (Å²) in [4.78, 5) is 6.57. The molecule has 1 atom stereocenters. The van der Waals surface area contributed by atoms with Crippen LogP contribution in [0.15, 0.2) is 23.2 Å². The predicted molar refractivity (Wildman–Crippen MR) is 124 cm³/mol. The first-order chi connectivity index (χ1) is 13.6. The number of guanidine groups is 1. The number of hydrogen-bond donors (Lipinski definition) is 2. The number of rotatable bonds is 9. The molecule has 3 rings (SSSR count). The Bertz CT molecular complexity index is 664. The minimum atomic E-state index is -0.508. The maximum atomic E-state index is 14.1. The Balaban J connectivity index is 0.00000300. The highest BCUT2D eigenvalue weighted by Gasteiger charge is 2.42. The summed E-state index contributed by atoms with van der Waals surface area (Å²) in [5, 5.41) is 6.74. The van der Waals surface area contributed by atoms with E-state index in [1.807, 2.05) is 13.8 Å². The van der Waals surface area contributed by atoms with Crippen LogP contribution in [0.2, 0.25) is 0 Å². The topological polar surface area (TPSA) is 48.9 Å². The van der Waals surface area contributed by atoms with Crippen molar-refractivity contribution < 1.29 is 13.5 Å². The van der Waals surface area contributed by atoms with Gasteiger partial charge in [0.15, 0.2) is 5.96 Å². The Morgan fingerprint density at radius 1 is 1.28 bits per heavy atom. The molecule has 1 unspecified atom stereocenters. The van der Waals surface area contributed by atoms with Gasteiger partial charge in [-0.1, -0.05) is 6.07 Å². The van der Waals surface area contributed by atoms with Gasteiger partial charge < -0.3 is 20.3 Å². The molecule has 0 radical (unpaired) electrons. The Hall–Kier alpha value is -1.16. The van der Waals surface area contributed by atoms with Crippen LogP contribution in [0, 0.1) is 17.0 Å². The molecule has 2 N–H and O–H groups in total. The second-order valence-corrected chi connectivity index (χ2v) is 7.79. The van der Waals surface area contributed by atoms with Gasteiger partial charge in [0.2, 0.25) is 0 Å². The fourth-order valence-corrected chi connectivity index (χ4v) is 3.73. The van der Waals surface area contributed by atoms with E-state index in [1.165, 1.54) is 31.0 Å². The summed E-state index contributed by atoms with van der Waals surface area (Å²) in [5.74, 6) is -0.233. The summed E-state index contributed by atoms with van der Waals surface area (Å²) in [6.07, 6.45) is 4.26. The van der Waals surface area contributed by atoms with Gasteiger partial charge in [-0.15, -0.1) is 24.0 Å². The molecule has 1 aromatic carbocycles. The molecule has 1 aliphatic heterocycles. The molecule has 1 heterocycles. The third kappa shape index (κ3) is 6.67. The molecule has 2 aliphatic rings. The van der Waals surface area contributed by atoms with Crippen molar-refractivity contribution in [1.82, 2.24) is 10.6 Å². The molecule has 0 spiro atoms. The Labute approximate surface area is 189 Å². The lowest BCUT2D eigenvalue weighted by molar-refractivity contribution is 0.129. The molecule has 1 saturated heterocycles. The van der Waals surface area contributed by atoms with Gasteiger partial charge in [0, 0.05) is 45.4 Å². The third-order valence-electron chi connectivity index (χ3n) is 5.64. The van der Waals surface area contributed by atoms with Crippen molar-refractivity contribution >= 4 is 35.6 Å². The van der Waals surface area contributed by atoms with Crippen LogP contribution in [0.3, 0.4) is 0 Å². The van der Waals surface area contributed by atoms with Gasteiger partial charge in [-0.3, -0.25) is 4.99 Å². The van der Waals surface area contributed by atoms with E-state index in [4.69, 9.17) is 9.73 Å². The van der Waals surface area contributed by atoms with E-state index in [0.717, 1.165) is 45.1 Å². The van der Waals surface area contributed by atoms with Crippen LogP contribution in [0.5, 0.6) is 0 Å². The van der Waals surface area contributed by atoms with E-state index in [-0.39, 0.29) is 41.1 Å². The van der Waals surface area contributed by atoms with E-state index in [9.17, 15) is 8.78 Å². The van der Waals surface area contributed by atoms with E-state index in [1.54, 1.807) is 4.90 Å². The Kier molecular flexibility index (Phi) is 9.39. The lowest BCUT2D eigenvalue weighted by Gasteiger charge is -2.21. The molecule has 0 aromatic heterocycles. The van der Waals surface area contributed by atoms with Crippen molar-refractivity contribution in [3.05, 3.63) is 29.8 Å². The highest BCUT2D eigenvalue weighted by Crippen LogP contribution is 2.49. The maximum Gasteiger partial charge on any atom is 0.191 e. The summed E-state index contributed by atoms with van der Waals surface area (Å²) < 4.78 is 33.6. The van der Waals surface area contributed by atoms with Crippen LogP contribution in [0.25, 0.3) is 0 Å². The van der Waals surface area contributed by atoms with Gasteiger partial charge in [-0.05, 0) is 57.1 Å². The molecule has 0 amide bonds. The van der Waals surface area contributed by atoms with Gasteiger partial charge in [-0.25, -0.2) is 8.78 Å². The van der Waals surface area contributed by atoms with Gasteiger partial charge in [0.05, 0.1) is 0 Å². The van der Waals surface area contributed by atoms with Crippen LogP contribution in [-0.4, -0.2) is 51.4 Å². The molecule has 164 valence electrons. The second-order valence-electron chi connectivity index (χ2n) is 7.79. The fourth-order valence-electron chi connectivity index (χ4n) is 3.73. The second kappa shape index (κ2) is 11.3. The third-order valence-corrected chi connectivity index (χ3v) is 5.64. The quantitative estimate of drug-likeness (QED) is 0.224. The first kappa shape index (κ1) is 24.1. The minimum absolute atomic E-state index is 0. The van der Waals surface area contributed by atoms with Crippen LogP contribution in [0.1, 0.15) is 39.5 Å². The van der Waals surface area contributed by atoms with Gasteiger partial charge in [0.1, 0.15) is 17.3 Å². The van der Waals surface area contributed by atoms with E-state index in [2.05, 4.69) is 10.6 Å². The summed E-state index contributed by atoms with van der Waals surface area (Å²) in [6, 6.07) is 4.12. The lowest BCUT2D eigenvalue weighted by Crippen LogP contribution is -2.45. The van der Waals surface area contributed by atoms with Crippen molar-refractivity contribution in [3.8, 4) is 0 Å². The molecule has 1 aliphatic carbocycles. The van der Waals surface area contributed by atoms with Crippen molar-refractivity contribution in [1.29, 1.82) is 0 Å². The van der Waals surface area contributed by atoms with E-state index < -0.39 is 11.6 Å². The van der Waals surface area contributed by atoms with Crippen molar-refractivity contribution in [2.75, 3.05) is 44.3 Å². The zero-order valence-corrected chi connectivity index (χ0v) is 19.7. The Morgan fingerprint density at radius 2 is 2.00 bits per heavy atom. The maximum absolute atomic E-state index is 14.1. The molecule has 8 heteroatoms. The molecule has 1 aromatic rings. The SMILES string of the molecule is CCNC(=NCC1(CCOCC)CC1)NC1CCN(c2c(F)cccc2F)C1.I. The zero-order valence-electron chi connectivity index (χ0n) is 17.3.